The zero-order chi connectivity index (χ0) is 27.8. The number of aliphatic carboxylic acids is 2. The van der Waals surface area contributed by atoms with Crippen LogP contribution in [0.3, 0.4) is 0 Å². The van der Waals surface area contributed by atoms with Crippen LogP contribution in [-0.2, 0) is 20.8 Å². The number of nitrogens with zero attached hydrogens (tertiary/aromatic N) is 3. The smallest absolute Gasteiger partial charge is 0.328 e. The molecule has 2 unspecified atom stereocenters. The number of carbonyl (C=O) groups is 3. The monoisotopic (exact) mass is 525 g/mol. The van der Waals surface area contributed by atoms with Crippen molar-refractivity contribution >= 4 is 29.2 Å². The van der Waals surface area contributed by atoms with Crippen LogP contribution in [0.4, 0.5) is 10.1 Å². The van der Waals surface area contributed by atoms with Gasteiger partial charge in [0.05, 0.1) is 18.0 Å². The van der Waals surface area contributed by atoms with E-state index in [0.29, 0.717) is 42.5 Å². The molecule has 10 heteroatoms. The molecule has 0 aromatic heterocycles. The SMILES string of the molecule is CC(COc1cccc(N2N=C3c4cc(F)ccc4CCC3CC2=O)c1)CN(C)C.O=C(O)/C=C/C(=O)O. The molecule has 202 valence electrons. The summed E-state index contributed by atoms with van der Waals surface area (Å²) in [5, 5.41) is 21.8. The van der Waals surface area contributed by atoms with Crippen molar-refractivity contribution in [2.75, 3.05) is 32.3 Å². The maximum absolute atomic E-state index is 13.9. The highest BCUT2D eigenvalue weighted by Gasteiger charge is 2.34. The summed E-state index contributed by atoms with van der Waals surface area (Å²) in [7, 11) is 4.08. The van der Waals surface area contributed by atoms with Gasteiger partial charge in [0.15, 0.2) is 0 Å². The number of rotatable bonds is 8. The minimum Gasteiger partial charge on any atom is -0.493 e. The molecular weight excluding hydrogens is 493 g/mol. The van der Waals surface area contributed by atoms with E-state index in [1.807, 2.05) is 44.4 Å². The van der Waals surface area contributed by atoms with Crippen molar-refractivity contribution in [3.63, 3.8) is 0 Å². The molecule has 1 amide bonds. The average Bonchev–Trinajstić information content (AvgIpc) is 2.86. The highest BCUT2D eigenvalue weighted by atomic mass is 19.1. The lowest BCUT2D eigenvalue weighted by Crippen LogP contribution is -2.39. The van der Waals surface area contributed by atoms with Crippen LogP contribution < -0.4 is 9.75 Å². The molecule has 9 nitrogen and oxygen atoms in total. The van der Waals surface area contributed by atoms with Gasteiger partial charge in [-0.05, 0) is 56.8 Å². The molecule has 2 aliphatic rings. The predicted molar refractivity (Wildman–Crippen MR) is 141 cm³/mol. The molecule has 0 radical (unpaired) electrons. The number of hydrogen-bond acceptors (Lipinski definition) is 6. The molecule has 2 atom stereocenters. The van der Waals surface area contributed by atoms with Gasteiger partial charge >= 0.3 is 11.9 Å². The summed E-state index contributed by atoms with van der Waals surface area (Å²) < 4.78 is 19.8. The minimum absolute atomic E-state index is 0.0401. The third kappa shape index (κ3) is 7.97. The maximum Gasteiger partial charge on any atom is 0.328 e. The predicted octanol–water partition coefficient (Wildman–Crippen LogP) is 3.82. The molecule has 1 heterocycles. The van der Waals surface area contributed by atoms with Crippen LogP contribution in [0.15, 0.2) is 59.7 Å². The normalized spacial score (nSPS) is 17.2. The van der Waals surface area contributed by atoms with Gasteiger partial charge in [-0.25, -0.2) is 19.0 Å². The summed E-state index contributed by atoms with van der Waals surface area (Å²) >= 11 is 0. The number of carboxylic acids is 2. The van der Waals surface area contributed by atoms with Crippen LogP contribution in [0.1, 0.15) is 30.9 Å². The van der Waals surface area contributed by atoms with Gasteiger partial charge in [-0.15, -0.1) is 0 Å². The number of fused-ring (bicyclic) bond motifs is 3. The topological polar surface area (TPSA) is 120 Å². The zero-order valence-corrected chi connectivity index (χ0v) is 21.6. The van der Waals surface area contributed by atoms with Gasteiger partial charge in [-0.3, -0.25) is 4.79 Å². The number of benzene rings is 2. The fourth-order valence-corrected chi connectivity index (χ4v) is 4.45. The molecule has 38 heavy (non-hydrogen) atoms. The third-order valence-corrected chi connectivity index (χ3v) is 6.00. The molecule has 0 spiro atoms. The first-order chi connectivity index (χ1) is 18.0. The number of carbonyl (C=O) groups excluding carboxylic acids is 1. The molecule has 2 aromatic rings. The Balaban J connectivity index is 0.000000436. The van der Waals surface area contributed by atoms with Crippen molar-refractivity contribution < 1.29 is 33.7 Å². The lowest BCUT2D eigenvalue weighted by Gasteiger charge is -2.33. The van der Waals surface area contributed by atoms with Crippen LogP contribution >= 0.6 is 0 Å². The molecule has 1 aliphatic heterocycles. The molecule has 1 aliphatic carbocycles. The van der Waals surface area contributed by atoms with Gasteiger partial charge in [0, 0.05) is 48.6 Å². The van der Waals surface area contributed by atoms with Gasteiger partial charge in [0.1, 0.15) is 11.6 Å². The number of aryl methyl sites for hydroxylation is 1. The molecule has 0 saturated heterocycles. The molecule has 0 saturated carbocycles. The third-order valence-electron chi connectivity index (χ3n) is 6.00. The van der Waals surface area contributed by atoms with Crippen molar-refractivity contribution in [2.24, 2.45) is 16.9 Å². The van der Waals surface area contributed by atoms with Gasteiger partial charge in [0.25, 0.3) is 0 Å². The van der Waals surface area contributed by atoms with Gasteiger partial charge in [0.2, 0.25) is 5.91 Å². The van der Waals surface area contributed by atoms with Crippen molar-refractivity contribution in [1.29, 1.82) is 0 Å². The maximum atomic E-state index is 13.9. The zero-order valence-electron chi connectivity index (χ0n) is 21.6. The van der Waals surface area contributed by atoms with Crippen molar-refractivity contribution in [2.45, 2.75) is 26.2 Å². The molecule has 0 fully saturated rings. The van der Waals surface area contributed by atoms with Crippen LogP contribution in [0, 0.1) is 17.7 Å². The lowest BCUT2D eigenvalue weighted by molar-refractivity contribution is -0.134. The van der Waals surface area contributed by atoms with Crippen molar-refractivity contribution in [3.8, 4) is 5.75 Å². The first-order valence-electron chi connectivity index (χ1n) is 12.2. The van der Waals surface area contributed by atoms with Gasteiger partial charge in [-0.1, -0.05) is 19.1 Å². The van der Waals surface area contributed by atoms with E-state index in [2.05, 4.69) is 16.9 Å². The number of carboxylic acid groups (broad SMARTS) is 2. The Kier molecular flexibility index (Phi) is 9.72. The Hall–Kier alpha value is -4.05. The minimum atomic E-state index is -1.26. The van der Waals surface area contributed by atoms with Crippen LogP contribution in [0.2, 0.25) is 0 Å². The van der Waals surface area contributed by atoms with Gasteiger partial charge < -0.3 is 19.8 Å². The van der Waals surface area contributed by atoms with Crippen molar-refractivity contribution in [1.82, 2.24) is 4.90 Å². The highest BCUT2D eigenvalue weighted by Crippen LogP contribution is 2.34. The Bertz CT molecular complexity index is 1230. The summed E-state index contributed by atoms with van der Waals surface area (Å²) in [6.07, 6.45) is 3.22. The van der Waals surface area contributed by atoms with E-state index in [9.17, 15) is 18.8 Å². The standard InChI is InChI=1S/C24H28FN3O2.C4H4O4/c1-16(14-27(2)3)15-30-21-6-4-5-20(13-21)28-23(29)11-18-8-7-17-9-10-19(25)12-22(17)24(18)26-28;5-3(6)1-2-4(7)8/h4-6,9-10,12-13,16,18H,7-8,11,14-15H2,1-3H3;1-2H,(H,5,6)(H,7,8)/b;2-1+. The van der Waals surface area contributed by atoms with E-state index >= 15 is 0 Å². The van der Waals surface area contributed by atoms with Crippen molar-refractivity contribution in [3.05, 3.63) is 71.6 Å². The molecule has 0 bridgehead atoms. The summed E-state index contributed by atoms with van der Waals surface area (Å²) in [6.45, 7) is 3.68. The second-order valence-electron chi connectivity index (χ2n) is 9.62. The van der Waals surface area contributed by atoms with E-state index in [0.717, 1.165) is 36.2 Å². The van der Waals surface area contributed by atoms with E-state index in [1.165, 1.54) is 11.1 Å². The Labute approximate surface area is 220 Å². The second kappa shape index (κ2) is 13.0. The lowest BCUT2D eigenvalue weighted by atomic mass is 9.79. The van der Waals surface area contributed by atoms with E-state index < -0.39 is 11.9 Å². The molecular formula is C28H32FN3O6. The number of amides is 1. The fourth-order valence-electron chi connectivity index (χ4n) is 4.45. The first-order valence-corrected chi connectivity index (χ1v) is 12.2. The molecule has 2 aromatic carbocycles. The number of ether oxygens (including phenoxy) is 1. The summed E-state index contributed by atoms with van der Waals surface area (Å²) in [6, 6.07) is 12.3. The van der Waals surface area contributed by atoms with Gasteiger partial charge in [-0.2, -0.15) is 5.10 Å². The molecule has 2 N–H and O–H groups in total. The summed E-state index contributed by atoms with van der Waals surface area (Å²) in [4.78, 5) is 34.1. The number of anilines is 1. The van der Waals surface area contributed by atoms with Crippen LogP contribution in [-0.4, -0.2) is 65.9 Å². The van der Waals surface area contributed by atoms with E-state index in [1.54, 1.807) is 6.07 Å². The summed E-state index contributed by atoms with van der Waals surface area (Å²) in [5.74, 6) is -1.68. The average molecular weight is 526 g/mol. The van der Waals surface area contributed by atoms with E-state index in [4.69, 9.17) is 14.9 Å². The van der Waals surface area contributed by atoms with Crippen LogP contribution in [0.5, 0.6) is 5.75 Å². The number of hydrogen-bond donors (Lipinski definition) is 2. The largest absolute Gasteiger partial charge is 0.493 e. The Morgan fingerprint density at radius 1 is 1.18 bits per heavy atom. The Morgan fingerprint density at radius 2 is 1.89 bits per heavy atom. The van der Waals surface area contributed by atoms with Crippen LogP contribution in [0.25, 0.3) is 0 Å². The Morgan fingerprint density at radius 3 is 2.55 bits per heavy atom. The fraction of sp³-hybridized carbons (Fsp3) is 0.357. The second-order valence-corrected chi connectivity index (χ2v) is 9.62. The summed E-state index contributed by atoms with van der Waals surface area (Å²) in [5.41, 5.74) is 3.40. The quantitative estimate of drug-likeness (QED) is 0.503. The first kappa shape index (κ1) is 28.5. The number of hydrazone groups is 1. The number of halogens is 1. The van der Waals surface area contributed by atoms with E-state index in [-0.39, 0.29) is 17.6 Å². The molecule has 4 rings (SSSR count). The highest BCUT2D eigenvalue weighted by molar-refractivity contribution is 6.11.